The molecule has 3 aromatic carbocycles. The Labute approximate surface area is 185 Å². The number of aryl methyl sites for hydroxylation is 1. The van der Waals surface area contributed by atoms with Gasteiger partial charge in [-0.3, -0.25) is 9.52 Å². The van der Waals surface area contributed by atoms with Crippen molar-refractivity contribution < 1.29 is 22.7 Å². The molecule has 0 saturated carbocycles. The number of esters is 1. The van der Waals surface area contributed by atoms with Crippen molar-refractivity contribution in [3.05, 3.63) is 88.4 Å². The number of methoxy groups -OCH3 is 1. The van der Waals surface area contributed by atoms with Crippen molar-refractivity contribution in [2.75, 3.05) is 17.1 Å². The van der Waals surface area contributed by atoms with Crippen molar-refractivity contribution in [2.24, 2.45) is 0 Å². The van der Waals surface area contributed by atoms with Crippen molar-refractivity contribution in [1.82, 2.24) is 0 Å². The Morgan fingerprint density at radius 2 is 1.52 bits per heavy atom. The first-order valence-corrected chi connectivity index (χ1v) is 10.9. The number of halogens is 1. The van der Waals surface area contributed by atoms with E-state index in [1.807, 2.05) is 6.92 Å². The van der Waals surface area contributed by atoms with E-state index in [1.54, 1.807) is 18.2 Å². The van der Waals surface area contributed by atoms with Gasteiger partial charge in [0.25, 0.3) is 15.9 Å². The topological polar surface area (TPSA) is 102 Å². The summed E-state index contributed by atoms with van der Waals surface area (Å²) >= 11 is 5.98. The molecule has 0 fully saturated rings. The number of anilines is 2. The summed E-state index contributed by atoms with van der Waals surface area (Å²) in [5, 5.41) is 2.86. The van der Waals surface area contributed by atoms with Crippen molar-refractivity contribution in [1.29, 1.82) is 0 Å². The van der Waals surface area contributed by atoms with Crippen LogP contribution in [-0.4, -0.2) is 27.4 Å². The van der Waals surface area contributed by atoms with Crippen molar-refractivity contribution >= 4 is 44.9 Å². The normalized spacial score (nSPS) is 10.9. The van der Waals surface area contributed by atoms with Crippen LogP contribution in [0.4, 0.5) is 11.4 Å². The van der Waals surface area contributed by atoms with Crippen LogP contribution in [0.1, 0.15) is 26.3 Å². The second kappa shape index (κ2) is 9.20. The monoisotopic (exact) mass is 458 g/mol. The Kier molecular flexibility index (Phi) is 6.62. The van der Waals surface area contributed by atoms with Gasteiger partial charge < -0.3 is 10.1 Å². The number of amides is 1. The summed E-state index contributed by atoms with van der Waals surface area (Å²) in [6.45, 7) is 1.87. The number of carbonyl (C=O) groups excluding carboxylic acids is 2. The first-order valence-electron chi connectivity index (χ1n) is 9.08. The second-order valence-electron chi connectivity index (χ2n) is 6.64. The summed E-state index contributed by atoms with van der Waals surface area (Å²) in [7, 11) is -2.50. The number of ether oxygens (including phenoxy) is 1. The third-order valence-electron chi connectivity index (χ3n) is 4.36. The van der Waals surface area contributed by atoms with Gasteiger partial charge in [0.2, 0.25) is 0 Å². The Balaban J connectivity index is 1.72. The molecule has 1 amide bonds. The van der Waals surface area contributed by atoms with Gasteiger partial charge in [-0.2, -0.15) is 0 Å². The number of sulfonamides is 1. The van der Waals surface area contributed by atoms with E-state index in [2.05, 4.69) is 14.8 Å². The van der Waals surface area contributed by atoms with Crippen molar-refractivity contribution in [3.8, 4) is 0 Å². The summed E-state index contributed by atoms with van der Waals surface area (Å²) in [5.41, 5.74) is 2.06. The maximum absolute atomic E-state index is 12.5. The van der Waals surface area contributed by atoms with E-state index >= 15 is 0 Å². The number of carbonyl (C=O) groups is 2. The van der Waals surface area contributed by atoms with E-state index in [0.717, 1.165) is 5.56 Å². The van der Waals surface area contributed by atoms with Gasteiger partial charge in [0.05, 0.1) is 22.6 Å². The fraction of sp³-hybridized carbons (Fsp3) is 0.0909. The summed E-state index contributed by atoms with van der Waals surface area (Å²) in [4.78, 5) is 24.4. The van der Waals surface area contributed by atoms with Crippen LogP contribution < -0.4 is 10.0 Å². The van der Waals surface area contributed by atoms with E-state index in [9.17, 15) is 18.0 Å². The standard InChI is InChI=1S/C22H19ClN2O5S/c1-14-3-10-18(11-4-14)31(28,29)25-16-7-5-15(6-8-16)21(26)24-17-9-12-20(23)19(13-17)22(27)30-2/h3-13,25H,1-2H3,(H,24,26). The van der Waals surface area contributed by atoms with Crippen LogP contribution in [0.2, 0.25) is 5.02 Å². The molecule has 0 unspecified atom stereocenters. The van der Waals surface area contributed by atoms with Gasteiger partial charge in [-0.1, -0.05) is 29.3 Å². The fourth-order valence-electron chi connectivity index (χ4n) is 2.69. The highest BCUT2D eigenvalue weighted by atomic mass is 35.5. The summed E-state index contributed by atoms with van der Waals surface area (Å²) in [6, 6.07) is 16.9. The third kappa shape index (κ3) is 5.42. The van der Waals surface area contributed by atoms with Gasteiger partial charge in [0.15, 0.2) is 0 Å². The van der Waals surface area contributed by atoms with E-state index in [1.165, 1.54) is 55.6 Å². The SMILES string of the molecule is COC(=O)c1cc(NC(=O)c2ccc(NS(=O)(=O)c3ccc(C)cc3)cc2)ccc1Cl. The summed E-state index contributed by atoms with van der Waals surface area (Å²) < 4.78 is 32.1. The average molecular weight is 459 g/mol. The van der Waals surface area contributed by atoms with Crippen LogP contribution in [0.25, 0.3) is 0 Å². The van der Waals surface area contributed by atoms with Crippen LogP contribution in [-0.2, 0) is 14.8 Å². The molecule has 0 aliphatic rings. The van der Waals surface area contributed by atoms with Crippen LogP contribution in [0.3, 0.4) is 0 Å². The molecule has 2 N–H and O–H groups in total. The Bertz CT molecular complexity index is 1220. The summed E-state index contributed by atoms with van der Waals surface area (Å²) in [5.74, 6) is -1.06. The lowest BCUT2D eigenvalue weighted by atomic mass is 10.1. The van der Waals surface area contributed by atoms with Crippen molar-refractivity contribution in [3.63, 3.8) is 0 Å². The molecule has 0 aromatic heterocycles. The fourth-order valence-corrected chi connectivity index (χ4v) is 3.95. The van der Waals surface area contributed by atoms with Gasteiger partial charge >= 0.3 is 5.97 Å². The molecule has 3 rings (SSSR count). The minimum atomic E-state index is -3.74. The lowest BCUT2D eigenvalue weighted by Gasteiger charge is -2.10. The smallest absolute Gasteiger partial charge is 0.339 e. The molecular formula is C22H19ClN2O5S. The Hall–Kier alpha value is -3.36. The Morgan fingerprint density at radius 1 is 0.903 bits per heavy atom. The summed E-state index contributed by atoms with van der Waals surface area (Å²) in [6.07, 6.45) is 0. The van der Waals surface area contributed by atoms with E-state index in [4.69, 9.17) is 11.6 Å². The quantitative estimate of drug-likeness (QED) is 0.530. The van der Waals surface area contributed by atoms with E-state index in [0.29, 0.717) is 16.9 Å². The molecule has 0 heterocycles. The molecule has 0 atom stereocenters. The zero-order valence-electron chi connectivity index (χ0n) is 16.7. The number of rotatable bonds is 6. The molecular weight excluding hydrogens is 440 g/mol. The third-order valence-corrected chi connectivity index (χ3v) is 6.09. The molecule has 3 aromatic rings. The molecule has 160 valence electrons. The molecule has 0 saturated heterocycles. The molecule has 9 heteroatoms. The lowest BCUT2D eigenvalue weighted by Crippen LogP contribution is -2.14. The predicted octanol–water partition coefficient (Wildman–Crippen LogP) is 4.49. The maximum Gasteiger partial charge on any atom is 0.339 e. The zero-order chi connectivity index (χ0) is 22.6. The van der Waals surface area contributed by atoms with Crippen LogP contribution in [0.15, 0.2) is 71.6 Å². The first-order chi connectivity index (χ1) is 14.7. The highest BCUT2D eigenvalue weighted by Crippen LogP contribution is 2.22. The van der Waals surface area contributed by atoms with Gasteiger partial charge in [0.1, 0.15) is 0 Å². The van der Waals surface area contributed by atoms with Gasteiger partial charge in [-0.15, -0.1) is 0 Å². The van der Waals surface area contributed by atoms with E-state index in [-0.39, 0.29) is 15.5 Å². The van der Waals surface area contributed by atoms with Crippen molar-refractivity contribution in [2.45, 2.75) is 11.8 Å². The molecule has 0 radical (unpaired) electrons. The Morgan fingerprint density at radius 3 is 2.13 bits per heavy atom. The highest BCUT2D eigenvalue weighted by molar-refractivity contribution is 7.92. The zero-order valence-corrected chi connectivity index (χ0v) is 18.3. The average Bonchev–Trinajstić information content (AvgIpc) is 2.75. The first kappa shape index (κ1) is 22.3. The van der Waals surface area contributed by atoms with Gasteiger partial charge in [0, 0.05) is 16.9 Å². The van der Waals surface area contributed by atoms with Crippen LogP contribution in [0.5, 0.6) is 0 Å². The number of hydrogen-bond acceptors (Lipinski definition) is 5. The number of nitrogens with one attached hydrogen (secondary N) is 2. The molecule has 0 bridgehead atoms. The predicted molar refractivity (Wildman–Crippen MR) is 119 cm³/mol. The van der Waals surface area contributed by atoms with Crippen LogP contribution in [0, 0.1) is 6.92 Å². The minimum absolute atomic E-state index is 0.128. The molecule has 31 heavy (non-hydrogen) atoms. The largest absolute Gasteiger partial charge is 0.465 e. The maximum atomic E-state index is 12.5. The molecule has 7 nitrogen and oxygen atoms in total. The van der Waals surface area contributed by atoms with Gasteiger partial charge in [-0.25, -0.2) is 13.2 Å². The second-order valence-corrected chi connectivity index (χ2v) is 8.73. The lowest BCUT2D eigenvalue weighted by molar-refractivity contribution is 0.0600. The van der Waals surface area contributed by atoms with Crippen LogP contribution >= 0.6 is 11.6 Å². The highest BCUT2D eigenvalue weighted by Gasteiger charge is 2.15. The van der Waals surface area contributed by atoms with Gasteiger partial charge in [-0.05, 0) is 61.5 Å². The molecule has 0 spiro atoms. The minimum Gasteiger partial charge on any atom is -0.465 e. The number of hydrogen-bond donors (Lipinski definition) is 2. The molecule has 0 aliphatic heterocycles. The molecule has 0 aliphatic carbocycles. The number of benzene rings is 3. The van der Waals surface area contributed by atoms with E-state index < -0.39 is 21.9 Å².